The van der Waals surface area contributed by atoms with Gasteiger partial charge in [-0.15, -0.1) is 0 Å². The zero-order valence-corrected chi connectivity index (χ0v) is 13.3. The minimum absolute atomic E-state index is 0.0124. The first-order valence-corrected chi connectivity index (χ1v) is 7.90. The molecular weight excluding hydrogens is 362 g/mol. The lowest BCUT2D eigenvalue weighted by atomic mass is 10.2. The van der Waals surface area contributed by atoms with E-state index in [-0.39, 0.29) is 22.0 Å². The molecule has 0 saturated carbocycles. The Morgan fingerprint density at radius 3 is 2.81 bits per heavy atom. The summed E-state index contributed by atoms with van der Waals surface area (Å²) in [7, 11) is -2.20. The van der Waals surface area contributed by atoms with Crippen molar-refractivity contribution in [3.8, 4) is 0 Å². The van der Waals surface area contributed by atoms with Crippen LogP contribution >= 0.6 is 15.9 Å². The molecular formula is C11H12BrN5O3S. The number of anilines is 1. The third-order valence-corrected chi connectivity index (χ3v) is 4.41. The average molecular weight is 374 g/mol. The second kappa shape index (κ2) is 5.74. The predicted molar refractivity (Wildman–Crippen MR) is 80.7 cm³/mol. The summed E-state index contributed by atoms with van der Waals surface area (Å²) in [6.45, 7) is 0. The lowest BCUT2D eigenvalue weighted by molar-refractivity contribution is 0.318. The van der Waals surface area contributed by atoms with Crippen molar-refractivity contribution < 1.29 is 13.6 Å². The Morgan fingerprint density at radius 2 is 2.24 bits per heavy atom. The van der Waals surface area contributed by atoms with E-state index < -0.39 is 10.0 Å². The summed E-state index contributed by atoms with van der Waals surface area (Å²) >= 11 is 3.24. The third-order valence-electron chi connectivity index (χ3n) is 2.60. The topological polar surface area (TPSA) is 123 Å². The molecule has 0 saturated heterocycles. The number of aromatic nitrogens is 2. The van der Waals surface area contributed by atoms with Crippen molar-refractivity contribution in [2.45, 2.75) is 4.90 Å². The fraction of sp³-hybridized carbons (Fsp3) is 0.0909. The summed E-state index contributed by atoms with van der Waals surface area (Å²) in [5.41, 5.74) is 5.99. The summed E-state index contributed by atoms with van der Waals surface area (Å²) in [6, 6.07) is 4.68. The highest BCUT2D eigenvalue weighted by Gasteiger charge is 2.19. The van der Waals surface area contributed by atoms with E-state index in [0.29, 0.717) is 4.47 Å². The Balaban J connectivity index is 2.44. The molecule has 2 rings (SSSR count). The smallest absolute Gasteiger partial charge is 0.265 e. The number of hydrogen-bond donors (Lipinski definition) is 3. The quantitative estimate of drug-likeness (QED) is 0.320. The lowest BCUT2D eigenvalue weighted by Gasteiger charge is -2.11. The molecule has 1 aromatic heterocycles. The molecule has 0 bridgehead atoms. The Hall–Kier alpha value is -2.07. The highest BCUT2D eigenvalue weighted by molar-refractivity contribution is 9.10. The van der Waals surface area contributed by atoms with Crippen molar-refractivity contribution in [1.82, 2.24) is 9.78 Å². The molecule has 112 valence electrons. The van der Waals surface area contributed by atoms with Crippen LogP contribution in [0.2, 0.25) is 0 Å². The van der Waals surface area contributed by atoms with Gasteiger partial charge in [0, 0.05) is 23.3 Å². The minimum Gasteiger partial charge on any atom is -0.409 e. The van der Waals surface area contributed by atoms with Gasteiger partial charge >= 0.3 is 0 Å². The van der Waals surface area contributed by atoms with E-state index in [0.717, 1.165) is 0 Å². The molecule has 21 heavy (non-hydrogen) atoms. The van der Waals surface area contributed by atoms with Gasteiger partial charge in [-0.05, 0) is 18.2 Å². The number of oxime groups is 1. The molecule has 10 heteroatoms. The van der Waals surface area contributed by atoms with Gasteiger partial charge in [0.05, 0.1) is 11.9 Å². The first-order valence-electron chi connectivity index (χ1n) is 5.62. The SMILES string of the molecule is Cn1cc(S(=O)(=O)Nc2ccc(Br)cc2/C(N)=N/O)cn1. The first-order chi connectivity index (χ1) is 9.83. The van der Waals surface area contributed by atoms with Crippen molar-refractivity contribution in [3.63, 3.8) is 0 Å². The maximum atomic E-state index is 12.2. The molecule has 0 atom stereocenters. The number of nitrogens with two attached hydrogens (primary N) is 1. The van der Waals surface area contributed by atoms with Crippen molar-refractivity contribution in [1.29, 1.82) is 0 Å². The van der Waals surface area contributed by atoms with E-state index in [9.17, 15) is 8.42 Å². The van der Waals surface area contributed by atoms with E-state index >= 15 is 0 Å². The van der Waals surface area contributed by atoms with Crippen LogP contribution in [0.15, 0.2) is 45.1 Å². The zero-order chi connectivity index (χ0) is 15.6. The molecule has 0 amide bonds. The molecule has 1 heterocycles. The Kier molecular flexibility index (Phi) is 4.19. The molecule has 0 spiro atoms. The Morgan fingerprint density at radius 1 is 1.52 bits per heavy atom. The largest absolute Gasteiger partial charge is 0.409 e. The Labute approximate surface area is 129 Å². The summed E-state index contributed by atoms with van der Waals surface area (Å²) in [5, 5.41) is 15.5. The summed E-state index contributed by atoms with van der Waals surface area (Å²) < 4.78 is 28.9. The van der Waals surface area contributed by atoms with Crippen molar-refractivity contribution >= 4 is 37.5 Å². The number of sulfonamides is 1. The normalized spacial score (nSPS) is 12.4. The van der Waals surface area contributed by atoms with Crippen molar-refractivity contribution in [3.05, 3.63) is 40.6 Å². The third kappa shape index (κ3) is 3.34. The number of hydrogen-bond acceptors (Lipinski definition) is 5. The van der Waals surface area contributed by atoms with Gasteiger partial charge in [-0.1, -0.05) is 21.1 Å². The van der Waals surface area contributed by atoms with Crippen LogP contribution in [0, 0.1) is 0 Å². The van der Waals surface area contributed by atoms with E-state index in [1.165, 1.54) is 29.2 Å². The summed E-state index contributed by atoms with van der Waals surface area (Å²) in [6.07, 6.45) is 2.59. The maximum absolute atomic E-state index is 12.2. The van der Waals surface area contributed by atoms with Crippen LogP contribution in [0.1, 0.15) is 5.56 Å². The molecule has 0 aliphatic heterocycles. The first kappa shape index (κ1) is 15.3. The fourth-order valence-electron chi connectivity index (χ4n) is 1.61. The highest BCUT2D eigenvalue weighted by atomic mass is 79.9. The number of nitrogens with zero attached hydrogens (tertiary/aromatic N) is 3. The van der Waals surface area contributed by atoms with Gasteiger partial charge in [-0.3, -0.25) is 9.40 Å². The van der Waals surface area contributed by atoms with Gasteiger partial charge in [0.25, 0.3) is 10.0 Å². The fourth-order valence-corrected chi connectivity index (χ4v) is 3.04. The molecule has 4 N–H and O–H groups in total. The van der Waals surface area contributed by atoms with Crippen LogP contribution in [0.5, 0.6) is 0 Å². The Bertz CT molecular complexity index is 800. The number of amidine groups is 1. The van der Waals surface area contributed by atoms with Gasteiger partial charge in [-0.2, -0.15) is 5.10 Å². The minimum atomic E-state index is -3.81. The number of halogens is 1. The summed E-state index contributed by atoms with van der Waals surface area (Å²) in [4.78, 5) is 0.0124. The second-order valence-corrected chi connectivity index (χ2v) is 6.73. The number of nitrogens with one attached hydrogen (secondary N) is 1. The second-order valence-electron chi connectivity index (χ2n) is 4.13. The molecule has 0 aliphatic carbocycles. The molecule has 0 fully saturated rings. The van der Waals surface area contributed by atoms with Crippen molar-refractivity contribution in [2.24, 2.45) is 17.9 Å². The molecule has 8 nitrogen and oxygen atoms in total. The monoisotopic (exact) mass is 373 g/mol. The molecule has 0 aliphatic rings. The van der Waals surface area contributed by atoms with Crippen molar-refractivity contribution in [2.75, 3.05) is 4.72 Å². The lowest BCUT2D eigenvalue weighted by Crippen LogP contribution is -2.19. The number of aryl methyl sites for hydroxylation is 1. The van der Waals surface area contributed by atoms with Gasteiger partial charge in [0.15, 0.2) is 5.84 Å². The van der Waals surface area contributed by atoms with Gasteiger partial charge in [0.2, 0.25) is 0 Å². The van der Waals surface area contributed by atoms with Crippen LogP contribution in [-0.2, 0) is 17.1 Å². The predicted octanol–water partition coefficient (Wildman–Crippen LogP) is 1.08. The van der Waals surface area contributed by atoms with Gasteiger partial charge in [0.1, 0.15) is 4.90 Å². The average Bonchev–Trinajstić information content (AvgIpc) is 2.87. The van der Waals surface area contributed by atoms with E-state index in [1.54, 1.807) is 13.1 Å². The molecule has 0 radical (unpaired) electrons. The van der Waals surface area contributed by atoms with Crippen LogP contribution in [-0.4, -0.2) is 29.2 Å². The molecule has 1 aromatic carbocycles. The standard InChI is InChI=1S/C11H12BrN5O3S/c1-17-6-8(5-14-17)21(19,20)16-10-3-2-7(12)4-9(10)11(13)15-18/h2-6,16,18H,1H3,(H2,13,15). The van der Waals surface area contributed by atoms with Crippen LogP contribution in [0.3, 0.4) is 0 Å². The highest BCUT2D eigenvalue weighted by Crippen LogP contribution is 2.23. The maximum Gasteiger partial charge on any atom is 0.265 e. The van der Waals surface area contributed by atoms with E-state index in [1.807, 2.05) is 0 Å². The number of rotatable bonds is 4. The number of benzene rings is 1. The zero-order valence-electron chi connectivity index (χ0n) is 10.9. The molecule has 0 unspecified atom stereocenters. The van der Waals surface area contributed by atoms with Crippen LogP contribution < -0.4 is 10.5 Å². The summed E-state index contributed by atoms with van der Waals surface area (Å²) in [5.74, 6) is -0.208. The van der Waals surface area contributed by atoms with Crippen LogP contribution in [0.4, 0.5) is 5.69 Å². The van der Waals surface area contributed by atoms with Crippen LogP contribution in [0.25, 0.3) is 0 Å². The van der Waals surface area contributed by atoms with E-state index in [4.69, 9.17) is 10.9 Å². The van der Waals surface area contributed by atoms with Gasteiger partial charge < -0.3 is 10.9 Å². The molecule has 2 aromatic rings. The van der Waals surface area contributed by atoms with E-state index in [2.05, 4.69) is 30.9 Å². The van der Waals surface area contributed by atoms with Gasteiger partial charge in [-0.25, -0.2) is 8.42 Å².